The number of phenolic OH excluding ortho intramolecular Hbond substituents is 1. The Labute approximate surface area is 234 Å². The molecule has 4 atom stereocenters. The number of ether oxygens (including phenoxy) is 1. The highest BCUT2D eigenvalue weighted by atomic mass is 35.5. The van der Waals surface area contributed by atoms with Crippen molar-refractivity contribution < 1.29 is 29.0 Å². The van der Waals surface area contributed by atoms with Crippen LogP contribution >= 0.6 is 23.2 Å². The molecule has 0 bridgehead atoms. The van der Waals surface area contributed by atoms with Gasteiger partial charge in [0.2, 0.25) is 11.8 Å². The number of aromatic hydroxyl groups is 1. The second-order valence-electron chi connectivity index (χ2n) is 10.3. The SMILES string of the molecule is COc1cc([C@H]2C3=CC[C@@H]4C(=O)N(c5ccc(Cl)cc5)C(=O)[C@@H]4[C@@H]3CC3=C2C(=O)C(C)=CC3=O)cc(Cl)c1O. The van der Waals surface area contributed by atoms with Gasteiger partial charge < -0.3 is 9.84 Å². The van der Waals surface area contributed by atoms with Crippen LogP contribution in [-0.2, 0) is 19.2 Å². The number of carbonyl (C=O) groups excluding carboxylic acids is 4. The van der Waals surface area contributed by atoms with Gasteiger partial charge in [-0.3, -0.25) is 24.1 Å². The summed E-state index contributed by atoms with van der Waals surface area (Å²) >= 11 is 12.4. The average Bonchev–Trinajstić information content (AvgIpc) is 3.18. The monoisotopic (exact) mass is 563 g/mol. The Morgan fingerprint density at radius 1 is 1.00 bits per heavy atom. The summed E-state index contributed by atoms with van der Waals surface area (Å²) in [5.41, 5.74) is 2.79. The van der Waals surface area contributed by atoms with Gasteiger partial charge in [-0.05, 0) is 73.7 Å². The summed E-state index contributed by atoms with van der Waals surface area (Å²) in [6, 6.07) is 9.67. The molecule has 2 aromatic carbocycles. The number of fused-ring (bicyclic) bond motifs is 3. The summed E-state index contributed by atoms with van der Waals surface area (Å²) in [5, 5.41) is 10.9. The third-order valence-corrected chi connectivity index (χ3v) is 8.79. The van der Waals surface area contributed by atoms with Crippen LogP contribution in [0.25, 0.3) is 0 Å². The van der Waals surface area contributed by atoms with Crippen molar-refractivity contribution in [1.82, 2.24) is 0 Å². The molecule has 1 N–H and O–H groups in total. The van der Waals surface area contributed by atoms with Crippen molar-refractivity contribution >= 4 is 52.3 Å². The fourth-order valence-corrected chi connectivity index (χ4v) is 6.85. The van der Waals surface area contributed by atoms with Crippen molar-refractivity contribution in [1.29, 1.82) is 0 Å². The van der Waals surface area contributed by atoms with E-state index in [0.29, 0.717) is 39.4 Å². The Kier molecular flexibility index (Phi) is 6.04. The summed E-state index contributed by atoms with van der Waals surface area (Å²) in [6.45, 7) is 1.60. The summed E-state index contributed by atoms with van der Waals surface area (Å²) in [6.07, 6.45) is 3.74. The standard InChI is InChI=1S/C30H23Cl2NO6/c1-13-9-22(34)20-12-19-17(24(26(20)27(13)35)14-10-21(32)28(36)23(11-14)39-2)7-8-18-25(19)30(38)33(29(18)37)16-5-3-15(31)4-6-16/h3-7,9-11,18-19,24-25,36H,8,12H2,1-2H3/t18-,19+,24-,25-/m0/s1. The predicted molar refractivity (Wildman–Crippen MR) is 145 cm³/mol. The van der Waals surface area contributed by atoms with E-state index in [0.717, 1.165) is 5.57 Å². The first kappa shape index (κ1) is 25.6. The summed E-state index contributed by atoms with van der Waals surface area (Å²) in [7, 11) is 1.39. The van der Waals surface area contributed by atoms with Crippen molar-refractivity contribution in [3.63, 3.8) is 0 Å². The molecule has 6 rings (SSSR count). The maximum Gasteiger partial charge on any atom is 0.238 e. The highest BCUT2D eigenvalue weighted by Crippen LogP contribution is 2.56. The van der Waals surface area contributed by atoms with Crippen LogP contribution in [0, 0.1) is 17.8 Å². The van der Waals surface area contributed by atoms with Crippen molar-refractivity contribution in [2.24, 2.45) is 17.8 Å². The van der Waals surface area contributed by atoms with E-state index < -0.39 is 23.7 Å². The number of imide groups is 1. The molecule has 0 unspecified atom stereocenters. The first-order chi connectivity index (χ1) is 18.6. The van der Waals surface area contributed by atoms with Crippen LogP contribution in [-0.4, -0.2) is 35.6 Å². The van der Waals surface area contributed by atoms with E-state index >= 15 is 0 Å². The van der Waals surface area contributed by atoms with E-state index in [1.54, 1.807) is 43.3 Å². The topological polar surface area (TPSA) is 101 Å². The number of methoxy groups -OCH3 is 1. The van der Waals surface area contributed by atoms with Gasteiger partial charge in [-0.15, -0.1) is 0 Å². The van der Waals surface area contributed by atoms with Crippen molar-refractivity contribution in [2.75, 3.05) is 12.0 Å². The number of Topliss-reactive ketones (excluding diaryl/α,β-unsaturated/α-hetero) is 1. The number of hydrogen-bond donors (Lipinski definition) is 1. The van der Waals surface area contributed by atoms with E-state index in [9.17, 15) is 24.3 Å². The Bertz CT molecular complexity index is 1590. The van der Waals surface area contributed by atoms with Gasteiger partial charge in [0.25, 0.3) is 0 Å². The predicted octanol–water partition coefficient (Wildman–Crippen LogP) is 5.34. The molecule has 2 aromatic rings. The number of rotatable bonds is 3. The minimum absolute atomic E-state index is 0.0331. The van der Waals surface area contributed by atoms with E-state index in [4.69, 9.17) is 27.9 Å². The second kappa shape index (κ2) is 9.21. The molecule has 0 radical (unpaired) electrons. The smallest absolute Gasteiger partial charge is 0.238 e. The third-order valence-electron chi connectivity index (χ3n) is 8.25. The first-order valence-electron chi connectivity index (χ1n) is 12.5. The molecular formula is C30H23Cl2NO6. The highest BCUT2D eigenvalue weighted by molar-refractivity contribution is 6.32. The van der Waals surface area contributed by atoms with Gasteiger partial charge in [0, 0.05) is 27.7 Å². The molecule has 3 aliphatic carbocycles. The zero-order valence-electron chi connectivity index (χ0n) is 21.0. The van der Waals surface area contributed by atoms with Gasteiger partial charge in [0.1, 0.15) is 0 Å². The Morgan fingerprint density at radius 2 is 1.72 bits per heavy atom. The van der Waals surface area contributed by atoms with Crippen LogP contribution in [0.1, 0.15) is 31.2 Å². The lowest BCUT2D eigenvalue weighted by Gasteiger charge is -2.42. The summed E-state index contributed by atoms with van der Waals surface area (Å²) in [4.78, 5) is 55.4. The van der Waals surface area contributed by atoms with Crippen LogP contribution in [0.4, 0.5) is 5.69 Å². The number of amides is 2. The molecule has 0 saturated carbocycles. The van der Waals surface area contributed by atoms with Crippen molar-refractivity contribution in [3.05, 3.63) is 86.5 Å². The van der Waals surface area contributed by atoms with Crippen LogP contribution in [0.2, 0.25) is 10.0 Å². The maximum atomic E-state index is 13.9. The number of halogens is 2. The van der Waals surface area contributed by atoms with Gasteiger partial charge in [0.15, 0.2) is 23.1 Å². The molecule has 1 heterocycles. The zero-order valence-corrected chi connectivity index (χ0v) is 22.5. The lowest BCUT2D eigenvalue weighted by molar-refractivity contribution is -0.123. The molecule has 9 heteroatoms. The Hall–Kier alpha value is -3.68. The molecule has 1 aliphatic heterocycles. The number of hydrogen-bond acceptors (Lipinski definition) is 6. The molecule has 39 heavy (non-hydrogen) atoms. The molecule has 0 aromatic heterocycles. The van der Waals surface area contributed by atoms with Gasteiger partial charge >= 0.3 is 0 Å². The zero-order chi connectivity index (χ0) is 27.7. The van der Waals surface area contributed by atoms with Crippen LogP contribution in [0.15, 0.2) is 70.8 Å². The Morgan fingerprint density at radius 3 is 2.41 bits per heavy atom. The molecule has 0 spiro atoms. The van der Waals surface area contributed by atoms with E-state index in [-0.39, 0.29) is 46.3 Å². The fourth-order valence-electron chi connectivity index (χ4n) is 6.50. The number of allylic oxidation sites excluding steroid dienone is 6. The van der Waals surface area contributed by atoms with E-state index in [1.165, 1.54) is 18.1 Å². The third kappa shape index (κ3) is 3.79. The number of carbonyl (C=O) groups is 4. The minimum Gasteiger partial charge on any atom is -0.503 e. The normalized spacial score (nSPS) is 26.2. The van der Waals surface area contributed by atoms with Crippen LogP contribution < -0.4 is 9.64 Å². The van der Waals surface area contributed by atoms with Gasteiger partial charge in [-0.2, -0.15) is 0 Å². The Balaban J connectivity index is 1.51. The van der Waals surface area contributed by atoms with E-state index in [1.807, 2.05) is 6.08 Å². The lowest BCUT2D eigenvalue weighted by atomic mass is 9.59. The average molecular weight is 564 g/mol. The summed E-state index contributed by atoms with van der Waals surface area (Å²) < 4.78 is 5.32. The van der Waals surface area contributed by atoms with Gasteiger partial charge in [-0.25, -0.2) is 0 Å². The van der Waals surface area contributed by atoms with Crippen LogP contribution in [0.3, 0.4) is 0 Å². The van der Waals surface area contributed by atoms with E-state index in [2.05, 4.69) is 0 Å². The molecule has 1 fully saturated rings. The first-order valence-corrected chi connectivity index (χ1v) is 13.3. The van der Waals surface area contributed by atoms with Crippen molar-refractivity contribution in [3.8, 4) is 11.5 Å². The molecule has 1 saturated heterocycles. The summed E-state index contributed by atoms with van der Waals surface area (Å²) in [5.74, 6) is -3.75. The van der Waals surface area contributed by atoms with Gasteiger partial charge in [0.05, 0.1) is 29.7 Å². The molecular weight excluding hydrogens is 541 g/mol. The van der Waals surface area contributed by atoms with Gasteiger partial charge in [-0.1, -0.05) is 34.9 Å². The number of benzene rings is 2. The number of anilines is 1. The quantitative estimate of drug-likeness (QED) is 0.307. The largest absolute Gasteiger partial charge is 0.503 e. The minimum atomic E-state index is -0.700. The molecule has 4 aliphatic rings. The van der Waals surface area contributed by atoms with Crippen molar-refractivity contribution in [2.45, 2.75) is 25.7 Å². The molecule has 7 nitrogen and oxygen atoms in total. The lowest BCUT2D eigenvalue weighted by Crippen LogP contribution is -2.39. The fraction of sp³-hybridized carbons (Fsp3) is 0.267. The number of nitrogens with zero attached hydrogens (tertiary/aromatic N) is 1. The maximum absolute atomic E-state index is 13.9. The highest BCUT2D eigenvalue weighted by Gasteiger charge is 2.56. The second-order valence-corrected chi connectivity index (χ2v) is 11.1. The molecule has 198 valence electrons. The number of phenols is 1. The molecule has 2 amide bonds. The van der Waals surface area contributed by atoms with Crippen LogP contribution in [0.5, 0.6) is 11.5 Å². The number of ketones is 2.